The fourth-order valence-electron chi connectivity index (χ4n) is 7.79. The van der Waals surface area contributed by atoms with Gasteiger partial charge in [-0.2, -0.15) is 0 Å². The van der Waals surface area contributed by atoms with Gasteiger partial charge in [-0.1, -0.05) is 59.3 Å². The van der Waals surface area contributed by atoms with E-state index in [0.29, 0.717) is 13.1 Å². The number of aliphatic hydroxyl groups is 2. The van der Waals surface area contributed by atoms with E-state index in [1.807, 2.05) is 13.8 Å². The van der Waals surface area contributed by atoms with Crippen LogP contribution in [0.1, 0.15) is 91.1 Å². The van der Waals surface area contributed by atoms with Gasteiger partial charge in [-0.3, -0.25) is 19.2 Å². The van der Waals surface area contributed by atoms with E-state index in [1.165, 1.54) is 59.3 Å². The summed E-state index contributed by atoms with van der Waals surface area (Å²) >= 11 is 0. The number of aromatic hydroxyl groups is 2. The second kappa shape index (κ2) is 20.0. The number of Topliss-reactive ketones (excluding diaryl/α,β-unsaturated/α-hetero) is 1. The summed E-state index contributed by atoms with van der Waals surface area (Å²) < 4.78 is 29.8. The number of likely N-dealkylation sites (N-methyl/N-ethyl adjacent to an activating group) is 1. The van der Waals surface area contributed by atoms with Crippen LogP contribution >= 0.6 is 0 Å². The van der Waals surface area contributed by atoms with Crippen molar-refractivity contribution < 1.29 is 63.3 Å². The monoisotopic (exact) mass is 838 g/mol. The number of carbonyl (C=O) groups is 4. The number of ketones is 1. The SMILES string of the molecule is CCCCN(CC)C(=O)COc1cc2c(O)c3c(O)c(C)c4c(c13)C(=O)C(C)(O/C=C/C(OC)C(C)C(OC(C)=O)C(C)C(O)C(C)C(O)C(C)/C=C/C=C(C)C(=O)N2)O4. The molecule has 3 aliphatic heterocycles. The number of rotatable bonds is 9. The molecule has 0 aromatic heterocycles. The van der Waals surface area contributed by atoms with Gasteiger partial charge in [-0.25, -0.2) is 0 Å². The number of nitrogens with one attached hydrogen (secondary N) is 1. The molecule has 9 unspecified atom stereocenters. The topological polar surface area (TPSA) is 211 Å². The lowest BCUT2D eigenvalue weighted by Crippen LogP contribution is -2.46. The summed E-state index contributed by atoms with van der Waals surface area (Å²) in [4.78, 5) is 55.4. The van der Waals surface area contributed by atoms with Crippen molar-refractivity contribution >= 4 is 40.0 Å². The number of esters is 1. The van der Waals surface area contributed by atoms with Gasteiger partial charge in [0.05, 0.1) is 41.2 Å². The van der Waals surface area contributed by atoms with E-state index in [9.17, 15) is 39.6 Å². The molecule has 0 spiro atoms. The van der Waals surface area contributed by atoms with Crippen molar-refractivity contribution in [1.82, 2.24) is 4.90 Å². The number of methoxy groups -OCH3 is 1. The Labute approximate surface area is 352 Å². The number of carbonyl (C=O) groups excluding carboxylic acids is 4. The standard InChI is InChI=1S/C45H62N2O13/c1-12-14-19-47(13-2)33(49)22-57-32-21-30-40(53)35-34(32)36-42(28(8)39(35)52)60-45(10,43(36)54)58-20-18-31(56-11)25(5)41(59-29(9)48)27(7)38(51)26(6)37(50)23(3)16-15-17-24(4)44(55)46-30/h15-18,20-21,23,25-27,31,37-38,41,50-53H,12-14,19,22H2,1-11H3,(H,46,55)/b16-15+,20-18+,24-17?. The van der Waals surface area contributed by atoms with E-state index in [1.54, 1.807) is 44.7 Å². The van der Waals surface area contributed by atoms with Crippen LogP contribution in [0.15, 0.2) is 42.2 Å². The zero-order valence-electron chi connectivity index (χ0n) is 36.5. The number of unbranched alkanes of at least 4 members (excludes halogenated alkanes) is 1. The van der Waals surface area contributed by atoms with E-state index in [0.717, 1.165) is 12.8 Å². The number of aliphatic hydroxyl groups excluding tert-OH is 2. The first-order valence-electron chi connectivity index (χ1n) is 20.5. The molecule has 5 rings (SSSR count). The first kappa shape index (κ1) is 47.6. The van der Waals surface area contributed by atoms with Crippen LogP contribution in [-0.2, 0) is 28.6 Å². The van der Waals surface area contributed by atoms with Gasteiger partial charge in [0.1, 0.15) is 23.4 Å². The summed E-state index contributed by atoms with van der Waals surface area (Å²) in [6, 6.07) is 1.28. The van der Waals surface area contributed by atoms with Crippen LogP contribution in [0.2, 0.25) is 0 Å². The number of fused-ring (bicyclic) bond motifs is 14. The van der Waals surface area contributed by atoms with Crippen LogP contribution in [0, 0.1) is 30.6 Å². The molecule has 0 aliphatic carbocycles. The Balaban J connectivity index is 1.93. The summed E-state index contributed by atoms with van der Waals surface area (Å²) in [5.74, 6) is -7.96. The second-order valence-electron chi connectivity index (χ2n) is 16.0. The third-order valence-corrected chi connectivity index (χ3v) is 11.7. The number of ether oxygens (including phenoxy) is 5. The molecule has 330 valence electrons. The molecule has 2 aromatic carbocycles. The maximum atomic E-state index is 14.5. The molecule has 0 saturated heterocycles. The smallest absolute Gasteiger partial charge is 0.312 e. The molecule has 60 heavy (non-hydrogen) atoms. The molecule has 0 saturated carbocycles. The minimum atomic E-state index is -2.02. The lowest BCUT2D eigenvalue weighted by Gasteiger charge is -2.38. The maximum absolute atomic E-state index is 14.5. The van der Waals surface area contributed by atoms with Gasteiger partial charge in [0.15, 0.2) is 12.4 Å². The molecule has 3 aliphatic rings. The highest BCUT2D eigenvalue weighted by molar-refractivity contribution is 6.21. The summed E-state index contributed by atoms with van der Waals surface area (Å²) in [5.41, 5.74) is 0.00765. The largest absolute Gasteiger partial charge is 0.507 e. The quantitative estimate of drug-likeness (QED) is 0.144. The van der Waals surface area contributed by atoms with E-state index in [4.69, 9.17) is 23.7 Å². The minimum Gasteiger partial charge on any atom is -0.507 e. The van der Waals surface area contributed by atoms with E-state index >= 15 is 0 Å². The Morgan fingerprint density at radius 3 is 2.27 bits per heavy atom. The fourth-order valence-corrected chi connectivity index (χ4v) is 7.79. The first-order valence-corrected chi connectivity index (χ1v) is 20.5. The number of hydrogen-bond acceptors (Lipinski definition) is 13. The second-order valence-corrected chi connectivity index (χ2v) is 16.0. The molecule has 5 bridgehead atoms. The zero-order chi connectivity index (χ0) is 44.8. The van der Waals surface area contributed by atoms with E-state index in [-0.39, 0.29) is 50.6 Å². The third-order valence-electron chi connectivity index (χ3n) is 11.7. The number of hydrogen-bond donors (Lipinski definition) is 5. The van der Waals surface area contributed by atoms with Crippen molar-refractivity contribution in [3.05, 3.63) is 53.3 Å². The van der Waals surface area contributed by atoms with Crippen LogP contribution in [-0.4, -0.2) is 106 Å². The number of benzene rings is 2. The Hall–Kier alpha value is -5.12. The molecule has 9 atom stereocenters. The normalized spacial score (nSPS) is 28.6. The number of phenols is 2. The van der Waals surface area contributed by atoms with E-state index < -0.39 is 89.6 Å². The number of anilines is 1. The van der Waals surface area contributed by atoms with Crippen LogP contribution in [0.4, 0.5) is 5.69 Å². The number of phenolic OH excluding ortho intramolecular Hbond substituents is 2. The van der Waals surface area contributed by atoms with Gasteiger partial charge >= 0.3 is 11.8 Å². The highest BCUT2D eigenvalue weighted by atomic mass is 16.7. The van der Waals surface area contributed by atoms with Crippen molar-refractivity contribution in [1.29, 1.82) is 0 Å². The molecule has 3 heterocycles. The molecule has 2 amide bonds. The molecular weight excluding hydrogens is 776 g/mol. The lowest BCUT2D eigenvalue weighted by molar-refractivity contribution is -0.160. The van der Waals surface area contributed by atoms with Gasteiger partial charge < -0.3 is 54.3 Å². The van der Waals surface area contributed by atoms with Gasteiger partial charge in [0, 0.05) is 80.3 Å². The van der Waals surface area contributed by atoms with Crippen LogP contribution in [0.25, 0.3) is 10.8 Å². The highest BCUT2D eigenvalue weighted by Crippen LogP contribution is 2.54. The lowest BCUT2D eigenvalue weighted by atomic mass is 9.78. The van der Waals surface area contributed by atoms with Gasteiger partial charge in [0.2, 0.25) is 0 Å². The summed E-state index contributed by atoms with van der Waals surface area (Å²) in [6.45, 7) is 16.9. The molecule has 5 N–H and O–H groups in total. The molecule has 2 aromatic rings. The zero-order valence-corrected chi connectivity index (χ0v) is 36.5. The van der Waals surface area contributed by atoms with Gasteiger partial charge in [0.25, 0.3) is 17.6 Å². The van der Waals surface area contributed by atoms with E-state index in [2.05, 4.69) is 5.32 Å². The average Bonchev–Trinajstić information content (AvgIpc) is 3.48. The van der Waals surface area contributed by atoms with Crippen LogP contribution in [0.5, 0.6) is 23.0 Å². The summed E-state index contributed by atoms with van der Waals surface area (Å²) in [7, 11) is 1.44. The van der Waals surface area contributed by atoms with Gasteiger partial charge in [-0.15, -0.1) is 0 Å². The molecular formula is C45H62N2O13. The summed E-state index contributed by atoms with van der Waals surface area (Å²) in [6.07, 6.45) is 5.26. The Morgan fingerprint density at radius 1 is 0.967 bits per heavy atom. The fraction of sp³-hybridized carbons (Fsp3) is 0.556. The third kappa shape index (κ3) is 9.90. The Morgan fingerprint density at radius 2 is 1.65 bits per heavy atom. The Bertz CT molecular complexity index is 2030. The average molecular weight is 839 g/mol. The van der Waals surface area contributed by atoms with Crippen molar-refractivity contribution in [2.75, 3.05) is 32.1 Å². The van der Waals surface area contributed by atoms with Crippen molar-refractivity contribution in [3.8, 4) is 23.0 Å². The van der Waals surface area contributed by atoms with Gasteiger partial charge in [-0.05, 0) is 33.3 Å². The van der Waals surface area contributed by atoms with Crippen molar-refractivity contribution in [2.45, 2.75) is 112 Å². The Kier molecular flexibility index (Phi) is 15.8. The molecule has 15 heteroatoms. The number of allylic oxidation sites excluding steroid dienone is 2. The predicted molar refractivity (Wildman–Crippen MR) is 225 cm³/mol. The summed E-state index contributed by atoms with van der Waals surface area (Å²) in [5, 5.41) is 48.6. The van der Waals surface area contributed by atoms with Crippen molar-refractivity contribution in [2.24, 2.45) is 23.7 Å². The first-order chi connectivity index (χ1) is 28.2. The number of nitrogens with zero attached hydrogens (tertiary/aromatic N) is 1. The molecule has 0 fully saturated rings. The highest BCUT2D eigenvalue weighted by Gasteiger charge is 2.49. The number of amides is 2. The molecule has 0 radical (unpaired) electrons. The predicted octanol–water partition coefficient (Wildman–Crippen LogP) is 6.08. The minimum absolute atomic E-state index is 0.0533. The molecule has 15 nitrogen and oxygen atoms in total. The maximum Gasteiger partial charge on any atom is 0.312 e. The van der Waals surface area contributed by atoms with Crippen molar-refractivity contribution in [3.63, 3.8) is 0 Å². The van der Waals surface area contributed by atoms with Crippen LogP contribution in [0.3, 0.4) is 0 Å². The van der Waals surface area contributed by atoms with Crippen LogP contribution < -0.4 is 14.8 Å².